The number of hydrogen-bond donors (Lipinski definition) is 1. The molecule has 26 heavy (non-hydrogen) atoms. The molecule has 0 unspecified atom stereocenters. The highest BCUT2D eigenvalue weighted by atomic mass is 32.2. The van der Waals surface area contributed by atoms with Crippen LogP contribution in [0.2, 0.25) is 0 Å². The molecule has 0 radical (unpaired) electrons. The maximum absolute atomic E-state index is 12.5. The van der Waals surface area contributed by atoms with Crippen molar-refractivity contribution in [2.24, 2.45) is 0 Å². The van der Waals surface area contributed by atoms with Gasteiger partial charge in [-0.1, -0.05) is 12.8 Å². The van der Waals surface area contributed by atoms with Crippen LogP contribution in [0.15, 0.2) is 47.5 Å². The van der Waals surface area contributed by atoms with E-state index in [1.807, 2.05) is 13.0 Å². The maximum atomic E-state index is 12.5. The molecule has 0 saturated carbocycles. The number of hydrogen-bond acceptors (Lipinski definition) is 5. The maximum Gasteiger partial charge on any atom is 0.263 e. The topological polar surface area (TPSA) is 71.5 Å². The van der Waals surface area contributed by atoms with E-state index in [0.29, 0.717) is 18.2 Å². The second-order valence-corrected chi connectivity index (χ2v) is 8.00. The number of pyridine rings is 1. The van der Waals surface area contributed by atoms with Gasteiger partial charge in [0.2, 0.25) is 0 Å². The fourth-order valence-corrected chi connectivity index (χ4v) is 4.05. The minimum Gasteiger partial charge on any atom is -0.494 e. The summed E-state index contributed by atoms with van der Waals surface area (Å²) in [5.74, 6) is 0.962. The van der Waals surface area contributed by atoms with E-state index in [4.69, 9.17) is 4.74 Å². The molecule has 1 aliphatic heterocycles. The highest BCUT2D eigenvalue weighted by molar-refractivity contribution is 7.92. The molecular formula is C19H25N3O3S. The highest BCUT2D eigenvalue weighted by Crippen LogP contribution is 2.22. The van der Waals surface area contributed by atoms with Gasteiger partial charge in [-0.15, -0.1) is 0 Å². The molecule has 1 fully saturated rings. The number of rotatable bonds is 6. The largest absolute Gasteiger partial charge is 0.494 e. The summed E-state index contributed by atoms with van der Waals surface area (Å²) in [4.78, 5) is 6.78. The second kappa shape index (κ2) is 8.40. The van der Waals surface area contributed by atoms with Crippen LogP contribution in [-0.2, 0) is 10.0 Å². The Morgan fingerprint density at radius 1 is 1.04 bits per heavy atom. The van der Waals surface area contributed by atoms with E-state index < -0.39 is 10.0 Å². The van der Waals surface area contributed by atoms with Gasteiger partial charge in [-0.3, -0.25) is 4.72 Å². The van der Waals surface area contributed by atoms with Crippen molar-refractivity contribution >= 4 is 21.5 Å². The standard InChI is InChI=1S/C19H25N3O3S/c1-2-25-17-8-10-18(11-9-17)26(23,24)21-19-12-7-16(15-20-19)22-13-5-3-4-6-14-22/h7-12,15H,2-6,13-14H2,1H3,(H,20,21). The first kappa shape index (κ1) is 18.5. The lowest BCUT2D eigenvalue weighted by molar-refractivity contribution is 0.340. The molecule has 1 aliphatic rings. The molecule has 0 amide bonds. The third-order valence-electron chi connectivity index (χ3n) is 4.40. The van der Waals surface area contributed by atoms with Gasteiger partial charge in [0.25, 0.3) is 10.0 Å². The molecule has 1 aromatic heterocycles. The number of benzene rings is 1. The number of sulfonamides is 1. The van der Waals surface area contributed by atoms with Crippen molar-refractivity contribution in [3.05, 3.63) is 42.6 Å². The Labute approximate surface area is 155 Å². The quantitative estimate of drug-likeness (QED) is 0.834. The van der Waals surface area contributed by atoms with E-state index in [0.717, 1.165) is 18.8 Å². The van der Waals surface area contributed by atoms with Gasteiger partial charge in [0, 0.05) is 13.1 Å². The van der Waals surface area contributed by atoms with Gasteiger partial charge in [-0.2, -0.15) is 0 Å². The average molecular weight is 375 g/mol. The zero-order chi connectivity index (χ0) is 18.4. The number of aromatic nitrogens is 1. The normalized spacial score (nSPS) is 15.3. The molecule has 1 N–H and O–H groups in total. The van der Waals surface area contributed by atoms with Crippen LogP contribution in [0, 0.1) is 0 Å². The lowest BCUT2D eigenvalue weighted by Crippen LogP contribution is -2.24. The van der Waals surface area contributed by atoms with Gasteiger partial charge in [0.15, 0.2) is 0 Å². The molecule has 6 nitrogen and oxygen atoms in total. The average Bonchev–Trinajstić information content (AvgIpc) is 2.92. The van der Waals surface area contributed by atoms with Crippen LogP contribution in [-0.4, -0.2) is 33.1 Å². The molecular weight excluding hydrogens is 350 g/mol. The third kappa shape index (κ3) is 4.66. The van der Waals surface area contributed by atoms with Crippen LogP contribution in [0.3, 0.4) is 0 Å². The summed E-state index contributed by atoms with van der Waals surface area (Å²) in [7, 11) is -3.67. The van der Waals surface area contributed by atoms with E-state index in [9.17, 15) is 8.42 Å². The number of ether oxygens (including phenoxy) is 1. The molecule has 0 atom stereocenters. The van der Waals surface area contributed by atoms with Crippen molar-refractivity contribution < 1.29 is 13.2 Å². The van der Waals surface area contributed by atoms with E-state index in [1.54, 1.807) is 24.4 Å². The van der Waals surface area contributed by atoms with Crippen molar-refractivity contribution in [1.29, 1.82) is 0 Å². The van der Waals surface area contributed by atoms with Crippen LogP contribution in [0.1, 0.15) is 32.6 Å². The minimum atomic E-state index is -3.67. The van der Waals surface area contributed by atoms with Crippen molar-refractivity contribution in [3.63, 3.8) is 0 Å². The molecule has 0 spiro atoms. The van der Waals surface area contributed by atoms with E-state index >= 15 is 0 Å². The molecule has 3 rings (SSSR count). The van der Waals surface area contributed by atoms with E-state index in [2.05, 4.69) is 14.6 Å². The van der Waals surface area contributed by atoms with Crippen molar-refractivity contribution in [3.8, 4) is 5.75 Å². The fourth-order valence-electron chi connectivity index (χ4n) is 3.04. The van der Waals surface area contributed by atoms with E-state index in [1.165, 1.54) is 37.8 Å². The summed E-state index contributed by atoms with van der Waals surface area (Å²) in [5, 5.41) is 0. The van der Waals surface area contributed by atoms with Crippen LogP contribution in [0.4, 0.5) is 11.5 Å². The first-order chi connectivity index (χ1) is 12.6. The van der Waals surface area contributed by atoms with E-state index in [-0.39, 0.29) is 4.90 Å². The monoisotopic (exact) mass is 375 g/mol. The van der Waals surface area contributed by atoms with Gasteiger partial charge in [0.1, 0.15) is 11.6 Å². The Morgan fingerprint density at radius 3 is 2.31 bits per heavy atom. The van der Waals surface area contributed by atoms with Crippen molar-refractivity contribution in [2.45, 2.75) is 37.5 Å². The Kier molecular flexibility index (Phi) is 5.98. The summed E-state index contributed by atoms with van der Waals surface area (Å²) in [5.41, 5.74) is 1.04. The summed E-state index contributed by atoms with van der Waals surface area (Å²) in [6, 6.07) is 9.99. The third-order valence-corrected chi connectivity index (χ3v) is 5.77. The first-order valence-electron chi connectivity index (χ1n) is 9.05. The summed E-state index contributed by atoms with van der Waals surface area (Å²) < 4.78 is 32.9. The van der Waals surface area contributed by atoms with Crippen LogP contribution < -0.4 is 14.4 Å². The zero-order valence-corrected chi connectivity index (χ0v) is 15.8. The lowest BCUT2D eigenvalue weighted by Gasteiger charge is -2.22. The van der Waals surface area contributed by atoms with Crippen LogP contribution in [0.25, 0.3) is 0 Å². The zero-order valence-electron chi connectivity index (χ0n) is 15.0. The Morgan fingerprint density at radius 2 is 1.73 bits per heavy atom. The van der Waals surface area contributed by atoms with Gasteiger partial charge < -0.3 is 9.64 Å². The van der Waals surface area contributed by atoms with Crippen LogP contribution in [0.5, 0.6) is 5.75 Å². The number of anilines is 2. The summed E-state index contributed by atoms with van der Waals surface area (Å²) >= 11 is 0. The molecule has 2 aromatic rings. The van der Waals surface area contributed by atoms with Gasteiger partial charge >= 0.3 is 0 Å². The molecule has 2 heterocycles. The summed E-state index contributed by atoms with van der Waals surface area (Å²) in [6.07, 6.45) is 6.65. The Hall–Kier alpha value is -2.28. The predicted molar refractivity (Wildman–Crippen MR) is 103 cm³/mol. The lowest BCUT2D eigenvalue weighted by atomic mass is 10.2. The number of nitrogens with one attached hydrogen (secondary N) is 1. The Balaban J connectivity index is 1.69. The molecule has 1 saturated heterocycles. The van der Waals surface area contributed by atoms with Gasteiger partial charge in [-0.05, 0) is 56.2 Å². The number of nitrogens with zero attached hydrogens (tertiary/aromatic N) is 2. The van der Waals surface area contributed by atoms with Crippen LogP contribution >= 0.6 is 0 Å². The Bertz CT molecular complexity index is 797. The molecule has 140 valence electrons. The minimum absolute atomic E-state index is 0.180. The first-order valence-corrected chi connectivity index (χ1v) is 10.5. The highest BCUT2D eigenvalue weighted by Gasteiger charge is 2.16. The second-order valence-electron chi connectivity index (χ2n) is 6.31. The molecule has 1 aromatic carbocycles. The summed E-state index contributed by atoms with van der Waals surface area (Å²) in [6.45, 7) is 4.47. The van der Waals surface area contributed by atoms with Crippen molar-refractivity contribution in [2.75, 3.05) is 29.3 Å². The van der Waals surface area contributed by atoms with Gasteiger partial charge in [0.05, 0.1) is 23.4 Å². The fraction of sp³-hybridized carbons (Fsp3) is 0.421. The van der Waals surface area contributed by atoms with Crippen molar-refractivity contribution in [1.82, 2.24) is 4.98 Å². The predicted octanol–water partition coefficient (Wildman–Crippen LogP) is 3.66. The molecule has 0 aliphatic carbocycles. The SMILES string of the molecule is CCOc1ccc(S(=O)(=O)Nc2ccc(N3CCCCCC3)cn2)cc1. The molecule has 0 bridgehead atoms. The molecule has 7 heteroatoms. The smallest absolute Gasteiger partial charge is 0.263 e. The van der Waals surface area contributed by atoms with Gasteiger partial charge in [-0.25, -0.2) is 13.4 Å².